The predicted molar refractivity (Wildman–Crippen MR) is 66.5 cm³/mol. The van der Waals surface area contributed by atoms with Crippen LogP contribution in [0.4, 0.5) is 0 Å². The molecule has 5 heteroatoms. The highest BCUT2D eigenvalue weighted by Gasteiger charge is 2.21. The van der Waals surface area contributed by atoms with Gasteiger partial charge in [-0.05, 0) is 12.8 Å². The van der Waals surface area contributed by atoms with Crippen molar-refractivity contribution in [2.24, 2.45) is 12.8 Å². The van der Waals surface area contributed by atoms with Crippen LogP contribution in [0.1, 0.15) is 30.0 Å². The molecule has 88 valence electrons. The Balaban J connectivity index is 2.20. The van der Waals surface area contributed by atoms with Crippen molar-refractivity contribution in [3.8, 4) is 0 Å². The van der Waals surface area contributed by atoms with Crippen LogP contribution in [0, 0.1) is 0 Å². The number of hydrogen-bond acceptors (Lipinski definition) is 3. The van der Waals surface area contributed by atoms with Crippen molar-refractivity contribution in [3.05, 3.63) is 17.5 Å². The summed E-state index contributed by atoms with van der Waals surface area (Å²) in [6, 6.07) is 0. The Bertz CT molecular complexity index is 383. The first kappa shape index (κ1) is 11.5. The molecule has 1 aliphatic heterocycles. The van der Waals surface area contributed by atoms with E-state index in [1.807, 2.05) is 17.9 Å². The quantitative estimate of drug-likeness (QED) is 0.804. The standard InChI is InChI=1S/C11H17N3OS/c1-14-7-9(6-10(12)16)11(13-14)8-2-4-15-5-3-8/h7-8H,2-6H2,1H3,(H2,12,16). The third-order valence-electron chi connectivity index (χ3n) is 2.91. The number of hydrogen-bond donors (Lipinski definition) is 1. The molecule has 0 saturated carbocycles. The van der Waals surface area contributed by atoms with E-state index in [9.17, 15) is 0 Å². The van der Waals surface area contributed by atoms with Gasteiger partial charge < -0.3 is 10.5 Å². The molecule has 0 aliphatic carbocycles. The fourth-order valence-electron chi connectivity index (χ4n) is 2.19. The van der Waals surface area contributed by atoms with Gasteiger partial charge in [-0.25, -0.2) is 0 Å². The monoisotopic (exact) mass is 239 g/mol. The Labute approximate surface area is 101 Å². The predicted octanol–water partition coefficient (Wildman–Crippen LogP) is 1.14. The Kier molecular flexibility index (Phi) is 3.56. The largest absolute Gasteiger partial charge is 0.393 e. The van der Waals surface area contributed by atoms with Gasteiger partial charge in [0.15, 0.2) is 0 Å². The van der Waals surface area contributed by atoms with E-state index >= 15 is 0 Å². The maximum absolute atomic E-state index is 5.60. The second-order valence-corrected chi connectivity index (χ2v) is 4.77. The summed E-state index contributed by atoms with van der Waals surface area (Å²) >= 11 is 4.96. The summed E-state index contributed by atoms with van der Waals surface area (Å²) in [7, 11) is 1.94. The van der Waals surface area contributed by atoms with Gasteiger partial charge in [0, 0.05) is 44.4 Å². The molecule has 2 N–H and O–H groups in total. The van der Waals surface area contributed by atoms with Gasteiger partial charge in [0.1, 0.15) is 0 Å². The van der Waals surface area contributed by atoms with Crippen molar-refractivity contribution in [3.63, 3.8) is 0 Å². The SMILES string of the molecule is Cn1cc(CC(N)=S)c(C2CCOCC2)n1. The Hall–Kier alpha value is -0.940. The van der Waals surface area contributed by atoms with E-state index in [0.717, 1.165) is 31.7 Å². The van der Waals surface area contributed by atoms with Gasteiger partial charge in [0.25, 0.3) is 0 Å². The van der Waals surface area contributed by atoms with Crippen LogP contribution in [0.3, 0.4) is 0 Å². The number of thiocarbonyl (C=S) groups is 1. The lowest BCUT2D eigenvalue weighted by Crippen LogP contribution is -2.17. The van der Waals surface area contributed by atoms with Crippen molar-refractivity contribution in [1.29, 1.82) is 0 Å². The van der Waals surface area contributed by atoms with Gasteiger partial charge in [-0.3, -0.25) is 4.68 Å². The zero-order valence-electron chi connectivity index (χ0n) is 9.48. The zero-order valence-corrected chi connectivity index (χ0v) is 10.3. The summed E-state index contributed by atoms with van der Waals surface area (Å²) in [6.45, 7) is 1.65. The van der Waals surface area contributed by atoms with E-state index in [-0.39, 0.29) is 0 Å². The van der Waals surface area contributed by atoms with Gasteiger partial charge >= 0.3 is 0 Å². The molecule has 1 aromatic rings. The van der Waals surface area contributed by atoms with Crippen molar-refractivity contribution >= 4 is 17.2 Å². The van der Waals surface area contributed by atoms with Gasteiger partial charge in [-0.2, -0.15) is 5.10 Å². The molecule has 0 amide bonds. The van der Waals surface area contributed by atoms with E-state index in [2.05, 4.69) is 5.10 Å². The number of aromatic nitrogens is 2. The zero-order chi connectivity index (χ0) is 11.5. The molecule has 0 radical (unpaired) electrons. The average molecular weight is 239 g/mol. The molecule has 0 spiro atoms. The summed E-state index contributed by atoms with van der Waals surface area (Å²) in [5.41, 5.74) is 7.92. The molecule has 1 aliphatic rings. The van der Waals surface area contributed by atoms with Crippen molar-refractivity contribution in [1.82, 2.24) is 9.78 Å². The smallest absolute Gasteiger partial charge is 0.0773 e. The number of aryl methyl sites for hydroxylation is 1. The normalized spacial score (nSPS) is 17.6. The number of nitrogens with zero attached hydrogens (tertiary/aromatic N) is 2. The Morgan fingerprint density at radius 3 is 2.94 bits per heavy atom. The van der Waals surface area contributed by atoms with Crippen LogP contribution in [0.2, 0.25) is 0 Å². The second-order valence-electron chi connectivity index (χ2n) is 4.24. The molecule has 0 aromatic carbocycles. The Morgan fingerprint density at radius 1 is 1.62 bits per heavy atom. The first-order chi connectivity index (χ1) is 7.66. The number of ether oxygens (including phenoxy) is 1. The molecule has 4 nitrogen and oxygen atoms in total. The van der Waals surface area contributed by atoms with Crippen LogP contribution in [0.25, 0.3) is 0 Å². The minimum absolute atomic E-state index is 0.499. The van der Waals surface area contributed by atoms with Crippen LogP contribution in [-0.4, -0.2) is 28.0 Å². The summed E-state index contributed by atoms with van der Waals surface area (Å²) in [4.78, 5) is 0.529. The van der Waals surface area contributed by atoms with Crippen molar-refractivity contribution in [2.45, 2.75) is 25.2 Å². The summed E-state index contributed by atoms with van der Waals surface area (Å²) < 4.78 is 7.21. The van der Waals surface area contributed by atoms with Gasteiger partial charge in [-0.1, -0.05) is 12.2 Å². The van der Waals surface area contributed by atoms with E-state index in [1.54, 1.807) is 0 Å². The van der Waals surface area contributed by atoms with Crippen LogP contribution in [-0.2, 0) is 18.2 Å². The second kappa shape index (κ2) is 4.93. The molecule has 16 heavy (non-hydrogen) atoms. The lowest BCUT2D eigenvalue weighted by Gasteiger charge is -2.21. The van der Waals surface area contributed by atoms with Crippen LogP contribution >= 0.6 is 12.2 Å². The topological polar surface area (TPSA) is 53.1 Å². The van der Waals surface area contributed by atoms with E-state index in [0.29, 0.717) is 17.3 Å². The minimum Gasteiger partial charge on any atom is -0.393 e. The molecule has 1 saturated heterocycles. The number of nitrogens with two attached hydrogens (primary N) is 1. The minimum atomic E-state index is 0.499. The van der Waals surface area contributed by atoms with Crippen molar-refractivity contribution < 1.29 is 4.74 Å². The fourth-order valence-corrected chi connectivity index (χ4v) is 2.35. The first-order valence-corrected chi connectivity index (χ1v) is 5.96. The molecule has 1 fully saturated rings. The molecule has 2 rings (SSSR count). The molecular formula is C11H17N3OS. The van der Waals surface area contributed by atoms with E-state index in [1.165, 1.54) is 5.56 Å². The molecular weight excluding hydrogens is 222 g/mol. The third-order valence-corrected chi connectivity index (χ3v) is 3.05. The maximum atomic E-state index is 5.60. The molecule has 0 atom stereocenters. The molecule has 0 bridgehead atoms. The van der Waals surface area contributed by atoms with Gasteiger partial charge in [0.2, 0.25) is 0 Å². The van der Waals surface area contributed by atoms with Crippen LogP contribution < -0.4 is 5.73 Å². The maximum Gasteiger partial charge on any atom is 0.0773 e. The molecule has 2 heterocycles. The van der Waals surface area contributed by atoms with Gasteiger partial charge in [0.05, 0.1) is 10.7 Å². The average Bonchev–Trinajstić information content (AvgIpc) is 2.60. The number of rotatable bonds is 3. The van der Waals surface area contributed by atoms with Crippen LogP contribution in [0.5, 0.6) is 0 Å². The highest BCUT2D eigenvalue weighted by molar-refractivity contribution is 7.80. The summed E-state index contributed by atoms with van der Waals surface area (Å²) in [5.74, 6) is 0.499. The lowest BCUT2D eigenvalue weighted by atomic mass is 9.93. The van der Waals surface area contributed by atoms with Crippen molar-refractivity contribution in [2.75, 3.05) is 13.2 Å². The van der Waals surface area contributed by atoms with Crippen LogP contribution in [0.15, 0.2) is 6.20 Å². The highest BCUT2D eigenvalue weighted by Crippen LogP contribution is 2.28. The van der Waals surface area contributed by atoms with E-state index in [4.69, 9.17) is 22.7 Å². The third kappa shape index (κ3) is 2.59. The Morgan fingerprint density at radius 2 is 2.31 bits per heavy atom. The highest BCUT2D eigenvalue weighted by atomic mass is 32.1. The van der Waals surface area contributed by atoms with E-state index < -0.39 is 0 Å². The van der Waals surface area contributed by atoms with Gasteiger partial charge in [-0.15, -0.1) is 0 Å². The molecule has 1 aromatic heterocycles. The fraction of sp³-hybridized carbons (Fsp3) is 0.636. The first-order valence-electron chi connectivity index (χ1n) is 5.55. The summed E-state index contributed by atoms with van der Waals surface area (Å²) in [6.07, 6.45) is 4.75. The summed E-state index contributed by atoms with van der Waals surface area (Å²) in [5, 5.41) is 4.53. The lowest BCUT2D eigenvalue weighted by molar-refractivity contribution is 0.0842. The molecule has 0 unspecified atom stereocenters.